The molecule has 0 fully saturated rings. The molecule has 0 aliphatic heterocycles. The summed E-state index contributed by atoms with van der Waals surface area (Å²) < 4.78 is 5.23. The molecule has 3 rings (SSSR count). The van der Waals surface area contributed by atoms with Gasteiger partial charge in [-0.2, -0.15) is 4.98 Å². The average molecular weight is 371 g/mol. The largest absolute Gasteiger partial charge is 0.339 e. The zero-order valence-corrected chi connectivity index (χ0v) is 16.1. The van der Waals surface area contributed by atoms with Crippen LogP contribution in [-0.4, -0.2) is 26.0 Å². The number of aryl methyl sites for hydroxylation is 2. The molecule has 0 saturated carbocycles. The maximum absolute atomic E-state index is 12.8. The predicted octanol–water partition coefficient (Wildman–Crippen LogP) is 3.51. The number of aromatic nitrogens is 4. The normalized spacial score (nSPS) is 11.5. The molecule has 3 heterocycles. The summed E-state index contributed by atoms with van der Waals surface area (Å²) in [6.07, 6.45) is 3.35. The number of nitrogens with zero attached hydrogens (tertiary/aromatic N) is 4. The quantitative estimate of drug-likeness (QED) is 0.712. The molecule has 0 bridgehead atoms. The zero-order chi connectivity index (χ0) is 18.7. The molecule has 0 aliphatic rings. The predicted molar refractivity (Wildman–Crippen MR) is 98.9 cm³/mol. The molecule has 1 amide bonds. The van der Waals surface area contributed by atoms with Crippen molar-refractivity contribution in [3.8, 4) is 10.7 Å². The molecule has 1 N–H and O–H groups in total. The van der Waals surface area contributed by atoms with Crippen LogP contribution in [0.4, 0.5) is 0 Å². The lowest BCUT2D eigenvalue weighted by molar-refractivity contribution is 0.0911. The molecule has 7 nitrogen and oxygen atoms in total. The number of thiazole rings is 1. The fourth-order valence-electron chi connectivity index (χ4n) is 2.43. The van der Waals surface area contributed by atoms with Crippen molar-refractivity contribution in [1.29, 1.82) is 0 Å². The van der Waals surface area contributed by atoms with E-state index in [-0.39, 0.29) is 5.91 Å². The summed E-state index contributed by atoms with van der Waals surface area (Å²) in [7, 11) is 0. The van der Waals surface area contributed by atoms with Gasteiger partial charge >= 0.3 is 0 Å². The van der Waals surface area contributed by atoms with Crippen LogP contribution in [0.5, 0.6) is 0 Å². The van der Waals surface area contributed by atoms with E-state index >= 15 is 0 Å². The molecule has 0 atom stereocenters. The second-order valence-corrected chi connectivity index (χ2v) is 7.49. The summed E-state index contributed by atoms with van der Waals surface area (Å²) in [4.78, 5) is 26.5. The highest BCUT2D eigenvalue weighted by atomic mass is 32.1. The molecular weight excluding hydrogens is 350 g/mol. The van der Waals surface area contributed by atoms with Crippen LogP contribution in [0.1, 0.15) is 54.3 Å². The first kappa shape index (κ1) is 18.2. The lowest BCUT2D eigenvalue weighted by atomic mass is 10.0. The highest BCUT2D eigenvalue weighted by Crippen LogP contribution is 2.27. The third-order valence-electron chi connectivity index (χ3n) is 3.80. The van der Waals surface area contributed by atoms with Crippen LogP contribution < -0.4 is 5.32 Å². The Bertz CT molecular complexity index is 901. The van der Waals surface area contributed by atoms with E-state index in [1.807, 2.05) is 45.9 Å². The van der Waals surface area contributed by atoms with E-state index in [4.69, 9.17) is 4.52 Å². The van der Waals surface area contributed by atoms with Gasteiger partial charge in [0.1, 0.15) is 9.88 Å². The SMILES string of the molecule is CCCc1nc(C(C)(C)NC(=O)c2sc(-c3ccccn3)nc2C)no1. The highest BCUT2D eigenvalue weighted by Gasteiger charge is 2.30. The molecular formula is C18H21N5O2S. The number of hydrogen-bond donors (Lipinski definition) is 1. The van der Waals surface area contributed by atoms with E-state index in [2.05, 4.69) is 25.4 Å². The van der Waals surface area contributed by atoms with Crippen LogP contribution in [0, 0.1) is 6.92 Å². The van der Waals surface area contributed by atoms with Gasteiger partial charge in [0.25, 0.3) is 5.91 Å². The highest BCUT2D eigenvalue weighted by molar-refractivity contribution is 7.17. The lowest BCUT2D eigenvalue weighted by Gasteiger charge is -2.21. The Balaban J connectivity index is 1.79. The van der Waals surface area contributed by atoms with E-state index in [0.717, 1.165) is 23.5 Å². The second-order valence-electron chi connectivity index (χ2n) is 6.49. The summed E-state index contributed by atoms with van der Waals surface area (Å²) >= 11 is 1.32. The van der Waals surface area contributed by atoms with Gasteiger partial charge < -0.3 is 9.84 Å². The standard InChI is InChI=1S/C18H21N5O2S/c1-5-8-13-21-17(23-25-13)18(3,4)22-15(24)14-11(2)20-16(26-14)12-9-6-7-10-19-12/h6-7,9-10H,5,8H2,1-4H3,(H,22,24). The number of carbonyl (C=O) groups excluding carboxylic acids is 1. The van der Waals surface area contributed by atoms with Crippen LogP contribution in [-0.2, 0) is 12.0 Å². The summed E-state index contributed by atoms with van der Waals surface area (Å²) in [6, 6.07) is 5.61. The fraction of sp³-hybridized carbons (Fsp3) is 0.389. The van der Waals surface area contributed by atoms with Gasteiger partial charge in [-0.15, -0.1) is 11.3 Å². The van der Waals surface area contributed by atoms with E-state index in [0.29, 0.717) is 22.3 Å². The third-order valence-corrected chi connectivity index (χ3v) is 4.98. The number of carbonyl (C=O) groups is 1. The number of pyridine rings is 1. The van der Waals surface area contributed by atoms with Crippen molar-refractivity contribution >= 4 is 17.2 Å². The van der Waals surface area contributed by atoms with Crippen molar-refractivity contribution in [2.24, 2.45) is 0 Å². The van der Waals surface area contributed by atoms with Gasteiger partial charge in [0.05, 0.1) is 16.9 Å². The third kappa shape index (κ3) is 3.80. The van der Waals surface area contributed by atoms with Crippen molar-refractivity contribution in [2.45, 2.75) is 46.1 Å². The van der Waals surface area contributed by atoms with Crippen molar-refractivity contribution < 1.29 is 9.32 Å². The molecule has 136 valence electrons. The van der Waals surface area contributed by atoms with E-state index in [1.54, 1.807) is 6.20 Å². The van der Waals surface area contributed by atoms with Crippen LogP contribution in [0.15, 0.2) is 28.9 Å². The summed E-state index contributed by atoms with van der Waals surface area (Å²) in [6.45, 7) is 7.56. The molecule has 0 radical (unpaired) electrons. The Morgan fingerprint density at radius 2 is 2.12 bits per heavy atom. The van der Waals surface area contributed by atoms with Crippen LogP contribution in [0.3, 0.4) is 0 Å². The molecule has 0 aliphatic carbocycles. The zero-order valence-electron chi connectivity index (χ0n) is 15.2. The minimum Gasteiger partial charge on any atom is -0.339 e. The Hall–Kier alpha value is -2.61. The maximum atomic E-state index is 12.8. The van der Waals surface area contributed by atoms with Gasteiger partial charge in [-0.05, 0) is 39.3 Å². The van der Waals surface area contributed by atoms with E-state index in [9.17, 15) is 4.79 Å². The molecule has 0 aromatic carbocycles. The Morgan fingerprint density at radius 1 is 1.31 bits per heavy atom. The monoisotopic (exact) mass is 371 g/mol. The molecule has 0 saturated heterocycles. The minimum absolute atomic E-state index is 0.214. The first-order valence-corrected chi connectivity index (χ1v) is 9.26. The second kappa shape index (κ2) is 7.33. The first-order valence-electron chi connectivity index (χ1n) is 8.45. The molecule has 3 aromatic heterocycles. The number of hydrogen-bond acceptors (Lipinski definition) is 7. The fourth-order valence-corrected chi connectivity index (χ4v) is 3.36. The average Bonchev–Trinajstić information content (AvgIpc) is 3.23. The van der Waals surface area contributed by atoms with Gasteiger partial charge in [0, 0.05) is 12.6 Å². The van der Waals surface area contributed by atoms with E-state index in [1.165, 1.54) is 11.3 Å². The Kier molecular flexibility index (Phi) is 5.13. The van der Waals surface area contributed by atoms with Gasteiger partial charge in [-0.25, -0.2) is 4.98 Å². The van der Waals surface area contributed by atoms with E-state index < -0.39 is 5.54 Å². The van der Waals surface area contributed by atoms with Crippen molar-refractivity contribution in [1.82, 2.24) is 25.4 Å². The number of nitrogens with one attached hydrogen (secondary N) is 1. The van der Waals surface area contributed by atoms with Crippen LogP contribution >= 0.6 is 11.3 Å². The minimum atomic E-state index is -0.756. The molecule has 3 aromatic rings. The summed E-state index contributed by atoms with van der Waals surface area (Å²) in [5.74, 6) is 0.826. The molecule has 0 spiro atoms. The molecule has 0 unspecified atom stereocenters. The summed E-state index contributed by atoms with van der Waals surface area (Å²) in [5.41, 5.74) is 0.666. The van der Waals surface area contributed by atoms with Crippen molar-refractivity contribution in [2.75, 3.05) is 0 Å². The van der Waals surface area contributed by atoms with Gasteiger partial charge in [-0.1, -0.05) is 18.1 Å². The number of rotatable bonds is 6. The smallest absolute Gasteiger partial charge is 0.264 e. The van der Waals surface area contributed by atoms with Gasteiger partial charge in [-0.3, -0.25) is 9.78 Å². The first-order chi connectivity index (χ1) is 12.4. The Labute approximate surface area is 155 Å². The number of amides is 1. The van der Waals surface area contributed by atoms with Gasteiger partial charge in [0.15, 0.2) is 5.82 Å². The van der Waals surface area contributed by atoms with Crippen LogP contribution in [0.2, 0.25) is 0 Å². The summed E-state index contributed by atoms with van der Waals surface area (Å²) in [5, 5.41) is 7.70. The van der Waals surface area contributed by atoms with Crippen molar-refractivity contribution in [3.05, 3.63) is 46.7 Å². The molecule has 8 heteroatoms. The van der Waals surface area contributed by atoms with Crippen LogP contribution in [0.25, 0.3) is 10.7 Å². The molecule has 26 heavy (non-hydrogen) atoms. The topological polar surface area (TPSA) is 93.8 Å². The maximum Gasteiger partial charge on any atom is 0.264 e. The lowest BCUT2D eigenvalue weighted by Crippen LogP contribution is -2.41. The van der Waals surface area contributed by atoms with Crippen molar-refractivity contribution in [3.63, 3.8) is 0 Å². The Morgan fingerprint density at radius 3 is 2.81 bits per heavy atom. The van der Waals surface area contributed by atoms with Gasteiger partial charge in [0.2, 0.25) is 5.89 Å².